The monoisotopic (exact) mass is 525 g/mol. The fraction of sp³-hybridized carbons (Fsp3) is 0.900. The number of rotatable bonds is 10. The molecule has 1 aliphatic heterocycles. The van der Waals surface area contributed by atoms with Gasteiger partial charge in [0.1, 0.15) is 6.54 Å². The molecule has 170 valence electrons. The van der Waals surface area contributed by atoms with Gasteiger partial charge in [0, 0.05) is 60.5 Å². The lowest BCUT2D eigenvalue weighted by Crippen LogP contribution is -2.47. The van der Waals surface area contributed by atoms with Gasteiger partial charge in [-0.1, -0.05) is 12.8 Å². The van der Waals surface area contributed by atoms with E-state index in [4.69, 9.17) is 9.47 Å². The summed E-state index contributed by atoms with van der Waals surface area (Å²) >= 11 is 0. The minimum atomic E-state index is 0. The van der Waals surface area contributed by atoms with Crippen LogP contribution >= 0.6 is 24.0 Å². The number of likely N-dealkylation sites (N-methyl/N-ethyl adjacent to an activating group) is 1. The van der Waals surface area contributed by atoms with Crippen molar-refractivity contribution in [3.05, 3.63) is 0 Å². The molecule has 8 nitrogen and oxygen atoms in total. The van der Waals surface area contributed by atoms with Crippen molar-refractivity contribution in [2.24, 2.45) is 10.4 Å². The third-order valence-corrected chi connectivity index (χ3v) is 5.83. The van der Waals surface area contributed by atoms with Crippen molar-refractivity contribution in [3.8, 4) is 0 Å². The highest BCUT2D eigenvalue weighted by molar-refractivity contribution is 14.0. The number of carbonyl (C=O) groups excluding carboxylic acids is 1. The van der Waals surface area contributed by atoms with E-state index in [9.17, 15) is 4.79 Å². The van der Waals surface area contributed by atoms with Crippen molar-refractivity contribution in [2.45, 2.75) is 32.1 Å². The summed E-state index contributed by atoms with van der Waals surface area (Å²) in [6.07, 6.45) is 6.07. The average Bonchev–Trinajstić information content (AvgIpc) is 3.17. The number of aliphatic imine (C=N–C) groups is 1. The van der Waals surface area contributed by atoms with E-state index in [2.05, 4.69) is 20.5 Å². The van der Waals surface area contributed by atoms with E-state index in [1.165, 1.54) is 25.7 Å². The summed E-state index contributed by atoms with van der Waals surface area (Å²) in [5.74, 6) is 0.733. The summed E-state index contributed by atoms with van der Waals surface area (Å²) in [5.41, 5.74) is 0.272. The van der Waals surface area contributed by atoms with E-state index in [0.717, 1.165) is 64.9 Å². The van der Waals surface area contributed by atoms with Crippen LogP contribution in [0.25, 0.3) is 0 Å². The number of methoxy groups -OCH3 is 1. The van der Waals surface area contributed by atoms with Crippen LogP contribution < -0.4 is 10.6 Å². The van der Waals surface area contributed by atoms with Crippen LogP contribution in [0.15, 0.2) is 4.99 Å². The molecule has 9 heteroatoms. The van der Waals surface area contributed by atoms with Gasteiger partial charge < -0.3 is 25.0 Å². The van der Waals surface area contributed by atoms with Crippen LogP contribution in [-0.2, 0) is 14.3 Å². The molecule has 29 heavy (non-hydrogen) atoms. The van der Waals surface area contributed by atoms with Gasteiger partial charge >= 0.3 is 0 Å². The van der Waals surface area contributed by atoms with Gasteiger partial charge in [-0.3, -0.25) is 9.69 Å². The van der Waals surface area contributed by atoms with Crippen molar-refractivity contribution in [3.63, 3.8) is 0 Å². The molecule has 1 saturated heterocycles. The first kappa shape index (κ1) is 26.4. The minimum absolute atomic E-state index is 0. The van der Waals surface area contributed by atoms with Gasteiger partial charge in [-0.2, -0.15) is 0 Å². The Morgan fingerprint density at radius 1 is 1.21 bits per heavy atom. The standard InChI is InChI=1S/C20H39N5O3.HI/c1-24(2)18(26)16-22-19(21-9-10-25-11-14-28-15-12-25)23-17-20(8-13-27-3)6-4-5-7-20;/h4-17H2,1-3H3,(H2,21,22,23);1H. The Kier molecular flexibility index (Phi) is 13.1. The maximum atomic E-state index is 12.0. The molecule has 0 bridgehead atoms. The summed E-state index contributed by atoms with van der Waals surface area (Å²) in [7, 11) is 5.28. The van der Waals surface area contributed by atoms with E-state index in [1.807, 2.05) is 0 Å². The molecule has 0 aromatic carbocycles. The van der Waals surface area contributed by atoms with Gasteiger partial charge in [-0.05, 0) is 24.7 Å². The molecule has 0 spiro atoms. The lowest BCUT2D eigenvalue weighted by Gasteiger charge is -2.30. The maximum absolute atomic E-state index is 12.0. The highest BCUT2D eigenvalue weighted by atomic mass is 127. The van der Waals surface area contributed by atoms with Crippen molar-refractivity contribution in [1.29, 1.82) is 0 Å². The number of hydrogen-bond acceptors (Lipinski definition) is 5. The Morgan fingerprint density at radius 2 is 1.90 bits per heavy atom. The van der Waals surface area contributed by atoms with Gasteiger partial charge in [0.25, 0.3) is 0 Å². The quantitative estimate of drug-likeness (QED) is 0.253. The second-order valence-electron chi connectivity index (χ2n) is 8.14. The largest absolute Gasteiger partial charge is 0.385 e. The van der Waals surface area contributed by atoms with Crippen molar-refractivity contribution in [1.82, 2.24) is 20.4 Å². The van der Waals surface area contributed by atoms with Crippen LogP contribution in [0.5, 0.6) is 0 Å². The van der Waals surface area contributed by atoms with Gasteiger partial charge in [-0.15, -0.1) is 24.0 Å². The van der Waals surface area contributed by atoms with E-state index in [1.54, 1.807) is 26.1 Å². The molecule has 2 N–H and O–H groups in total. The number of morpholine rings is 1. The third-order valence-electron chi connectivity index (χ3n) is 5.83. The predicted molar refractivity (Wildman–Crippen MR) is 127 cm³/mol. The minimum Gasteiger partial charge on any atom is -0.385 e. The number of nitrogens with one attached hydrogen (secondary N) is 2. The van der Waals surface area contributed by atoms with Crippen molar-refractivity contribution < 1.29 is 14.3 Å². The molecule has 1 amide bonds. The van der Waals surface area contributed by atoms with Crippen LogP contribution in [-0.4, -0.2) is 102 Å². The molecule has 2 fully saturated rings. The van der Waals surface area contributed by atoms with E-state index < -0.39 is 0 Å². The Hall–Kier alpha value is -0.650. The first-order valence-electron chi connectivity index (χ1n) is 10.6. The summed E-state index contributed by atoms with van der Waals surface area (Å²) in [4.78, 5) is 20.4. The molecule has 0 aromatic rings. The number of halogens is 1. The van der Waals surface area contributed by atoms with Crippen LogP contribution in [0.4, 0.5) is 0 Å². The second-order valence-corrected chi connectivity index (χ2v) is 8.14. The lowest BCUT2D eigenvalue weighted by atomic mass is 9.83. The molecule has 0 aromatic heterocycles. The highest BCUT2D eigenvalue weighted by Crippen LogP contribution is 2.40. The number of nitrogens with zero attached hydrogens (tertiary/aromatic N) is 3. The number of carbonyl (C=O) groups is 1. The van der Waals surface area contributed by atoms with Gasteiger partial charge in [0.05, 0.1) is 13.2 Å². The van der Waals surface area contributed by atoms with Crippen LogP contribution in [0.3, 0.4) is 0 Å². The molecule has 1 saturated carbocycles. The zero-order valence-electron chi connectivity index (χ0n) is 18.4. The van der Waals surface area contributed by atoms with Crippen molar-refractivity contribution in [2.75, 3.05) is 80.3 Å². The first-order valence-corrected chi connectivity index (χ1v) is 10.6. The topological polar surface area (TPSA) is 78.4 Å². The Bertz CT molecular complexity index is 493. The lowest BCUT2D eigenvalue weighted by molar-refractivity contribution is -0.127. The van der Waals surface area contributed by atoms with E-state index in [0.29, 0.717) is 0 Å². The van der Waals surface area contributed by atoms with E-state index in [-0.39, 0.29) is 41.8 Å². The zero-order valence-corrected chi connectivity index (χ0v) is 20.7. The number of ether oxygens (including phenoxy) is 2. The predicted octanol–water partition coefficient (Wildman–Crippen LogP) is 1.16. The molecular formula is C20H40IN5O3. The SMILES string of the molecule is COCCC1(CNC(=NCC(=O)N(C)C)NCCN2CCOCC2)CCCC1.I. The molecular weight excluding hydrogens is 485 g/mol. The highest BCUT2D eigenvalue weighted by Gasteiger charge is 2.33. The maximum Gasteiger partial charge on any atom is 0.243 e. The number of amides is 1. The molecule has 0 radical (unpaired) electrons. The van der Waals surface area contributed by atoms with Crippen LogP contribution in [0.1, 0.15) is 32.1 Å². The molecule has 2 aliphatic rings. The first-order chi connectivity index (χ1) is 13.5. The van der Waals surface area contributed by atoms with Crippen molar-refractivity contribution >= 4 is 35.8 Å². The fourth-order valence-electron chi connectivity index (χ4n) is 3.85. The molecule has 0 atom stereocenters. The van der Waals surface area contributed by atoms with Gasteiger partial charge in [-0.25, -0.2) is 4.99 Å². The Balaban J connectivity index is 0.00000420. The molecule has 2 rings (SSSR count). The molecule has 1 aliphatic carbocycles. The summed E-state index contributed by atoms with van der Waals surface area (Å²) in [6, 6.07) is 0. The van der Waals surface area contributed by atoms with E-state index >= 15 is 0 Å². The van der Waals surface area contributed by atoms with Crippen LogP contribution in [0, 0.1) is 5.41 Å². The zero-order chi connectivity index (χ0) is 20.2. The smallest absolute Gasteiger partial charge is 0.243 e. The number of guanidine groups is 1. The van der Waals surface area contributed by atoms with Gasteiger partial charge in [0.15, 0.2) is 5.96 Å². The normalized spacial score (nSPS) is 19.5. The summed E-state index contributed by atoms with van der Waals surface area (Å²) in [5, 5.41) is 6.93. The molecule has 1 heterocycles. The second kappa shape index (κ2) is 14.4. The molecule has 0 unspecified atom stereocenters. The summed E-state index contributed by atoms with van der Waals surface area (Å²) in [6.45, 7) is 7.12. The van der Waals surface area contributed by atoms with Gasteiger partial charge in [0.2, 0.25) is 5.91 Å². The average molecular weight is 525 g/mol. The Morgan fingerprint density at radius 3 is 2.52 bits per heavy atom. The number of hydrogen-bond donors (Lipinski definition) is 2. The van der Waals surface area contributed by atoms with Crippen LogP contribution in [0.2, 0.25) is 0 Å². The third kappa shape index (κ3) is 9.80. The summed E-state index contributed by atoms with van der Waals surface area (Å²) < 4.78 is 10.7. The Labute approximate surface area is 193 Å². The fourth-order valence-corrected chi connectivity index (χ4v) is 3.85.